The number of ether oxygens (including phenoxy) is 1. The predicted octanol–water partition coefficient (Wildman–Crippen LogP) is 2.83. The minimum absolute atomic E-state index is 0.0294. The van der Waals surface area contributed by atoms with Crippen molar-refractivity contribution in [2.75, 3.05) is 26.3 Å². The second-order valence-corrected chi connectivity index (χ2v) is 9.81. The van der Waals surface area contributed by atoms with Gasteiger partial charge in [-0.05, 0) is 54.5 Å². The van der Waals surface area contributed by atoms with Crippen LogP contribution in [0.1, 0.15) is 42.0 Å². The first-order valence-electron chi connectivity index (χ1n) is 10.6. The molecule has 1 N–H and O–H groups in total. The number of rotatable bonds is 6. The Labute approximate surface area is 178 Å². The molecule has 1 aliphatic heterocycles. The molecule has 6 nitrogen and oxygen atoms in total. The minimum atomic E-state index is -3.48. The van der Waals surface area contributed by atoms with E-state index in [1.54, 1.807) is 24.3 Å². The topological polar surface area (TPSA) is 75.7 Å². The first-order valence-corrected chi connectivity index (χ1v) is 12.0. The number of sulfonamides is 1. The predicted molar refractivity (Wildman–Crippen MR) is 115 cm³/mol. The van der Waals surface area contributed by atoms with Gasteiger partial charge in [-0.3, -0.25) is 4.79 Å². The molecule has 2 aromatic carbocycles. The fraction of sp³-hybridized carbons (Fsp3) is 0.435. The highest BCUT2D eigenvalue weighted by Gasteiger charge is 2.26. The van der Waals surface area contributed by atoms with Crippen molar-refractivity contribution in [1.82, 2.24) is 9.62 Å². The van der Waals surface area contributed by atoms with Crippen LogP contribution in [0.5, 0.6) is 0 Å². The van der Waals surface area contributed by atoms with Gasteiger partial charge >= 0.3 is 0 Å². The minimum Gasteiger partial charge on any atom is -0.379 e. The number of amides is 1. The van der Waals surface area contributed by atoms with Gasteiger partial charge in [-0.25, -0.2) is 8.42 Å². The van der Waals surface area contributed by atoms with Crippen LogP contribution in [0.3, 0.4) is 0 Å². The Bertz CT molecular complexity index is 983. The molecule has 160 valence electrons. The van der Waals surface area contributed by atoms with Crippen LogP contribution in [0.2, 0.25) is 0 Å². The Morgan fingerprint density at radius 3 is 2.57 bits per heavy atom. The van der Waals surface area contributed by atoms with Gasteiger partial charge in [-0.15, -0.1) is 0 Å². The summed E-state index contributed by atoms with van der Waals surface area (Å²) in [5.41, 5.74) is 3.51. The maximum Gasteiger partial charge on any atom is 0.243 e. The third kappa shape index (κ3) is 4.74. The quantitative estimate of drug-likeness (QED) is 0.768. The van der Waals surface area contributed by atoms with E-state index in [4.69, 9.17) is 4.74 Å². The number of nitrogens with zero attached hydrogens (tertiary/aromatic N) is 1. The van der Waals surface area contributed by atoms with Gasteiger partial charge in [0.15, 0.2) is 0 Å². The molecule has 1 amide bonds. The van der Waals surface area contributed by atoms with Crippen LogP contribution in [0.25, 0.3) is 0 Å². The molecule has 1 aliphatic carbocycles. The van der Waals surface area contributed by atoms with Crippen LogP contribution in [-0.2, 0) is 32.4 Å². The van der Waals surface area contributed by atoms with E-state index in [1.165, 1.54) is 15.4 Å². The van der Waals surface area contributed by atoms with Crippen LogP contribution < -0.4 is 5.32 Å². The largest absolute Gasteiger partial charge is 0.379 e. The summed E-state index contributed by atoms with van der Waals surface area (Å²) in [5, 5.41) is 3.17. The number of aryl methyl sites for hydroxylation is 2. The van der Waals surface area contributed by atoms with Crippen LogP contribution in [0.4, 0.5) is 0 Å². The highest BCUT2D eigenvalue weighted by atomic mass is 32.2. The van der Waals surface area contributed by atoms with Crippen LogP contribution in [-0.4, -0.2) is 44.9 Å². The number of benzene rings is 2. The lowest BCUT2D eigenvalue weighted by molar-refractivity contribution is -0.121. The van der Waals surface area contributed by atoms with Crippen LogP contribution >= 0.6 is 0 Å². The number of hydrogen-bond acceptors (Lipinski definition) is 4. The zero-order valence-corrected chi connectivity index (χ0v) is 17.9. The molecule has 0 unspecified atom stereocenters. The fourth-order valence-electron chi connectivity index (χ4n) is 4.19. The smallest absolute Gasteiger partial charge is 0.243 e. The van der Waals surface area contributed by atoms with E-state index in [0.29, 0.717) is 39.1 Å². The molecule has 0 bridgehead atoms. The van der Waals surface area contributed by atoms with Crippen molar-refractivity contribution in [3.8, 4) is 0 Å². The van der Waals surface area contributed by atoms with Gasteiger partial charge in [0.1, 0.15) is 0 Å². The third-order valence-electron chi connectivity index (χ3n) is 5.88. The van der Waals surface area contributed by atoms with E-state index in [1.807, 2.05) is 12.1 Å². The van der Waals surface area contributed by atoms with Gasteiger partial charge in [0.25, 0.3) is 0 Å². The summed E-state index contributed by atoms with van der Waals surface area (Å²) in [6.45, 7) is 1.62. The lowest BCUT2D eigenvalue weighted by atomic mass is 9.87. The lowest BCUT2D eigenvalue weighted by Crippen LogP contribution is -2.40. The number of carbonyl (C=O) groups is 1. The molecule has 2 aromatic rings. The van der Waals surface area contributed by atoms with Crippen LogP contribution in [0.15, 0.2) is 53.4 Å². The molecule has 0 spiro atoms. The Hall–Kier alpha value is -2.22. The van der Waals surface area contributed by atoms with E-state index in [-0.39, 0.29) is 16.8 Å². The Kier molecular flexibility index (Phi) is 6.51. The average Bonchev–Trinajstić information content (AvgIpc) is 2.79. The summed E-state index contributed by atoms with van der Waals surface area (Å²) >= 11 is 0. The summed E-state index contributed by atoms with van der Waals surface area (Å²) in [6.07, 6.45) is 4.09. The summed E-state index contributed by atoms with van der Waals surface area (Å²) in [4.78, 5) is 12.8. The average molecular weight is 429 g/mol. The lowest BCUT2D eigenvalue weighted by Gasteiger charge is -2.26. The van der Waals surface area contributed by atoms with Gasteiger partial charge in [0.2, 0.25) is 15.9 Å². The molecular formula is C23H28N2O4S. The highest BCUT2D eigenvalue weighted by molar-refractivity contribution is 7.89. The summed E-state index contributed by atoms with van der Waals surface area (Å²) in [7, 11) is -3.48. The summed E-state index contributed by atoms with van der Waals surface area (Å²) < 4.78 is 32.1. The molecule has 0 radical (unpaired) electrons. The highest BCUT2D eigenvalue weighted by Crippen LogP contribution is 2.29. The van der Waals surface area contributed by atoms with Crippen molar-refractivity contribution in [3.63, 3.8) is 0 Å². The SMILES string of the molecule is O=C(CCc1ccc(S(=O)(=O)N2CCOCC2)cc1)N[C@H]1CCCc2ccccc21. The Balaban J connectivity index is 1.33. The summed E-state index contributed by atoms with van der Waals surface area (Å²) in [5.74, 6) is 0.0294. The van der Waals surface area contributed by atoms with Gasteiger partial charge in [0.05, 0.1) is 24.2 Å². The van der Waals surface area contributed by atoms with E-state index < -0.39 is 10.0 Å². The molecule has 0 aromatic heterocycles. The second-order valence-electron chi connectivity index (χ2n) is 7.87. The first-order chi connectivity index (χ1) is 14.5. The molecule has 1 saturated heterocycles. The number of hydrogen-bond donors (Lipinski definition) is 1. The molecular weight excluding hydrogens is 400 g/mol. The van der Waals surface area contributed by atoms with Crippen molar-refractivity contribution in [2.45, 2.75) is 43.0 Å². The molecule has 1 heterocycles. The Morgan fingerprint density at radius 1 is 1.07 bits per heavy atom. The van der Waals surface area contributed by atoms with Crippen molar-refractivity contribution in [3.05, 3.63) is 65.2 Å². The van der Waals surface area contributed by atoms with Crippen molar-refractivity contribution >= 4 is 15.9 Å². The maximum atomic E-state index is 12.7. The number of carbonyl (C=O) groups excluding carboxylic acids is 1. The maximum absolute atomic E-state index is 12.7. The standard InChI is InChI=1S/C23H28N2O4S/c26-23(24-22-7-3-5-19-4-1-2-6-21(19)22)13-10-18-8-11-20(12-9-18)30(27,28)25-14-16-29-17-15-25/h1-2,4,6,8-9,11-12,22H,3,5,7,10,13-17H2,(H,24,26)/t22-/m0/s1. The van der Waals surface area contributed by atoms with Gasteiger partial charge < -0.3 is 10.1 Å². The first kappa shape index (κ1) is 21.0. The van der Waals surface area contributed by atoms with Gasteiger partial charge in [0, 0.05) is 19.5 Å². The fourth-order valence-corrected chi connectivity index (χ4v) is 5.60. The van der Waals surface area contributed by atoms with Crippen molar-refractivity contribution < 1.29 is 17.9 Å². The number of fused-ring (bicyclic) bond motifs is 1. The third-order valence-corrected chi connectivity index (χ3v) is 7.79. The van der Waals surface area contributed by atoms with Gasteiger partial charge in [-0.1, -0.05) is 36.4 Å². The molecule has 4 rings (SSSR count). The zero-order valence-electron chi connectivity index (χ0n) is 17.0. The van der Waals surface area contributed by atoms with E-state index in [2.05, 4.69) is 17.4 Å². The molecule has 1 fully saturated rings. The van der Waals surface area contributed by atoms with Crippen molar-refractivity contribution in [1.29, 1.82) is 0 Å². The zero-order chi connectivity index (χ0) is 21.0. The molecule has 7 heteroatoms. The molecule has 0 saturated carbocycles. The molecule has 2 aliphatic rings. The van der Waals surface area contributed by atoms with Crippen molar-refractivity contribution in [2.24, 2.45) is 0 Å². The summed E-state index contributed by atoms with van der Waals surface area (Å²) in [6, 6.07) is 15.3. The molecule has 1 atom stereocenters. The number of nitrogens with one attached hydrogen (secondary N) is 1. The Morgan fingerprint density at radius 2 is 1.80 bits per heavy atom. The van der Waals surface area contributed by atoms with Crippen LogP contribution in [0, 0.1) is 0 Å². The van der Waals surface area contributed by atoms with E-state index in [9.17, 15) is 13.2 Å². The second kappa shape index (κ2) is 9.29. The number of morpholine rings is 1. The monoisotopic (exact) mass is 428 g/mol. The van der Waals surface area contributed by atoms with Gasteiger partial charge in [-0.2, -0.15) is 4.31 Å². The normalized spacial score (nSPS) is 19.8. The van der Waals surface area contributed by atoms with E-state index in [0.717, 1.165) is 24.8 Å². The molecule has 30 heavy (non-hydrogen) atoms. The van der Waals surface area contributed by atoms with E-state index >= 15 is 0 Å².